The third-order valence-corrected chi connectivity index (χ3v) is 4.03. The van der Waals surface area contributed by atoms with Crippen molar-refractivity contribution >= 4 is 17.7 Å². The SMILES string of the molecule is O=C(CCSc1ccccc1)NCCOCc1ccccc1. The molecule has 0 radical (unpaired) electrons. The van der Waals surface area contributed by atoms with Crippen LogP contribution in [0.2, 0.25) is 0 Å². The van der Waals surface area contributed by atoms with Crippen molar-refractivity contribution in [1.29, 1.82) is 0 Å². The molecule has 3 nitrogen and oxygen atoms in total. The Morgan fingerprint density at radius 3 is 2.41 bits per heavy atom. The van der Waals surface area contributed by atoms with Gasteiger partial charge in [0.2, 0.25) is 5.91 Å². The molecule has 22 heavy (non-hydrogen) atoms. The van der Waals surface area contributed by atoms with Gasteiger partial charge >= 0.3 is 0 Å². The maximum Gasteiger partial charge on any atom is 0.220 e. The maximum atomic E-state index is 11.7. The van der Waals surface area contributed by atoms with Crippen LogP contribution in [0.15, 0.2) is 65.6 Å². The number of thioether (sulfide) groups is 1. The molecule has 0 spiro atoms. The molecule has 2 aromatic carbocycles. The van der Waals surface area contributed by atoms with Crippen molar-refractivity contribution in [2.24, 2.45) is 0 Å². The molecular formula is C18H21NO2S. The molecule has 0 aliphatic rings. The summed E-state index contributed by atoms with van der Waals surface area (Å²) >= 11 is 1.70. The summed E-state index contributed by atoms with van der Waals surface area (Å²) in [5.41, 5.74) is 1.15. The lowest BCUT2D eigenvalue weighted by Gasteiger charge is -2.06. The van der Waals surface area contributed by atoms with Crippen LogP contribution >= 0.6 is 11.8 Å². The van der Waals surface area contributed by atoms with Gasteiger partial charge in [0.05, 0.1) is 13.2 Å². The molecule has 0 heterocycles. The van der Waals surface area contributed by atoms with E-state index in [-0.39, 0.29) is 5.91 Å². The number of rotatable bonds is 9. The molecule has 1 N–H and O–H groups in total. The zero-order chi connectivity index (χ0) is 15.5. The van der Waals surface area contributed by atoms with E-state index in [0.29, 0.717) is 26.2 Å². The Labute approximate surface area is 136 Å². The van der Waals surface area contributed by atoms with Gasteiger partial charge in [-0.05, 0) is 17.7 Å². The monoisotopic (exact) mass is 315 g/mol. The summed E-state index contributed by atoms with van der Waals surface area (Å²) in [6, 6.07) is 20.1. The Balaban J connectivity index is 1.49. The van der Waals surface area contributed by atoms with E-state index in [4.69, 9.17) is 4.74 Å². The first kappa shape index (κ1) is 16.6. The molecule has 116 valence electrons. The Hall–Kier alpha value is -1.78. The van der Waals surface area contributed by atoms with Crippen LogP contribution < -0.4 is 5.32 Å². The third-order valence-electron chi connectivity index (χ3n) is 3.02. The fraction of sp³-hybridized carbons (Fsp3) is 0.278. The summed E-state index contributed by atoms with van der Waals surface area (Å²) in [4.78, 5) is 12.9. The fourth-order valence-corrected chi connectivity index (χ4v) is 2.77. The second kappa shape index (κ2) is 10.0. The molecule has 0 saturated heterocycles. The van der Waals surface area contributed by atoms with Crippen molar-refractivity contribution in [1.82, 2.24) is 5.32 Å². The van der Waals surface area contributed by atoms with Gasteiger partial charge in [-0.25, -0.2) is 0 Å². The third kappa shape index (κ3) is 6.78. The zero-order valence-corrected chi connectivity index (χ0v) is 13.4. The molecule has 0 saturated carbocycles. The summed E-state index contributed by atoms with van der Waals surface area (Å²) < 4.78 is 5.52. The minimum Gasteiger partial charge on any atom is -0.375 e. The summed E-state index contributed by atoms with van der Waals surface area (Å²) in [6.45, 7) is 1.68. The predicted molar refractivity (Wildman–Crippen MR) is 90.9 cm³/mol. The topological polar surface area (TPSA) is 38.3 Å². The predicted octanol–water partition coefficient (Wildman–Crippen LogP) is 3.50. The van der Waals surface area contributed by atoms with E-state index in [1.54, 1.807) is 11.8 Å². The highest BCUT2D eigenvalue weighted by Crippen LogP contribution is 2.17. The number of ether oxygens (including phenoxy) is 1. The second-order valence-electron chi connectivity index (χ2n) is 4.80. The van der Waals surface area contributed by atoms with Crippen LogP contribution in [0.5, 0.6) is 0 Å². The molecular weight excluding hydrogens is 294 g/mol. The Morgan fingerprint density at radius 1 is 1.00 bits per heavy atom. The molecule has 2 rings (SSSR count). The highest BCUT2D eigenvalue weighted by Gasteiger charge is 2.01. The Kier molecular flexibility index (Phi) is 7.56. The molecule has 4 heteroatoms. The molecule has 0 aromatic heterocycles. The van der Waals surface area contributed by atoms with Gasteiger partial charge in [0.15, 0.2) is 0 Å². The van der Waals surface area contributed by atoms with Crippen molar-refractivity contribution in [2.75, 3.05) is 18.9 Å². The number of amides is 1. The van der Waals surface area contributed by atoms with Crippen LogP contribution in [0.3, 0.4) is 0 Å². The van der Waals surface area contributed by atoms with Gasteiger partial charge in [-0.1, -0.05) is 48.5 Å². The minimum absolute atomic E-state index is 0.0757. The highest BCUT2D eigenvalue weighted by atomic mass is 32.2. The van der Waals surface area contributed by atoms with Gasteiger partial charge in [-0.15, -0.1) is 11.8 Å². The lowest BCUT2D eigenvalue weighted by atomic mass is 10.2. The summed E-state index contributed by atoms with van der Waals surface area (Å²) in [7, 11) is 0. The van der Waals surface area contributed by atoms with Gasteiger partial charge in [0, 0.05) is 23.6 Å². The standard InChI is InChI=1S/C18H21NO2S/c20-18(11-14-22-17-9-5-2-6-10-17)19-12-13-21-15-16-7-3-1-4-8-16/h1-10H,11-15H2,(H,19,20). The van der Waals surface area contributed by atoms with E-state index in [0.717, 1.165) is 11.3 Å². The normalized spacial score (nSPS) is 10.4. The van der Waals surface area contributed by atoms with Gasteiger partial charge in [-0.2, -0.15) is 0 Å². The van der Waals surface area contributed by atoms with Gasteiger partial charge in [0.1, 0.15) is 0 Å². The van der Waals surface area contributed by atoms with E-state index in [2.05, 4.69) is 17.4 Å². The Morgan fingerprint density at radius 2 is 1.68 bits per heavy atom. The first-order valence-corrected chi connectivity index (χ1v) is 8.39. The number of carbonyl (C=O) groups excluding carboxylic acids is 1. The highest BCUT2D eigenvalue weighted by molar-refractivity contribution is 7.99. The van der Waals surface area contributed by atoms with E-state index in [9.17, 15) is 4.79 Å². The van der Waals surface area contributed by atoms with Crippen molar-refractivity contribution in [3.63, 3.8) is 0 Å². The van der Waals surface area contributed by atoms with Crippen molar-refractivity contribution in [3.05, 3.63) is 66.2 Å². The first-order valence-electron chi connectivity index (χ1n) is 7.41. The molecule has 0 fully saturated rings. The Bertz CT molecular complexity index is 546. The van der Waals surface area contributed by atoms with Crippen LogP contribution in [0, 0.1) is 0 Å². The van der Waals surface area contributed by atoms with Crippen LogP contribution in [-0.4, -0.2) is 24.8 Å². The van der Waals surface area contributed by atoms with Crippen molar-refractivity contribution < 1.29 is 9.53 Å². The van der Waals surface area contributed by atoms with Crippen molar-refractivity contribution in [3.8, 4) is 0 Å². The lowest BCUT2D eigenvalue weighted by molar-refractivity contribution is -0.120. The van der Waals surface area contributed by atoms with Crippen LogP contribution in [0.25, 0.3) is 0 Å². The maximum absolute atomic E-state index is 11.7. The summed E-state index contributed by atoms with van der Waals surface area (Å²) in [6.07, 6.45) is 0.526. The first-order chi connectivity index (χ1) is 10.8. The molecule has 1 amide bonds. The smallest absolute Gasteiger partial charge is 0.220 e. The fourth-order valence-electron chi connectivity index (χ4n) is 1.89. The van der Waals surface area contributed by atoms with Gasteiger partial charge in [-0.3, -0.25) is 4.79 Å². The quantitative estimate of drug-likeness (QED) is 0.568. The van der Waals surface area contributed by atoms with Gasteiger partial charge < -0.3 is 10.1 Å². The van der Waals surface area contributed by atoms with E-state index in [1.165, 1.54) is 4.90 Å². The molecule has 0 aliphatic heterocycles. The molecule has 0 bridgehead atoms. The number of benzene rings is 2. The van der Waals surface area contributed by atoms with Crippen LogP contribution in [0.4, 0.5) is 0 Å². The average molecular weight is 315 g/mol. The average Bonchev–Trinajstić information content (AvgIpc) is 2.56. The van der Waals surface area contributed by atoms with Crippen LogP contribution in [0.1, 0.15) is 12.0 Å². The number of hydrogen-bond acceptors (Lipinski definition) is 3. The minimum atomic E-state index is 0.0757. The van der Waals surface area contributed by atoms with Gasteiger partial charge in [0.25, 0.3) is 0 Å². The second-order valence-corrected chi connectivity index (χ2v) is 5.97. The number of nitrogens with one attached hydrogen (secondary N) is 1. The molecule has 0 atom stereocenters. The summed E-state index contributed by atoms with van der Waals surface area (Å²) in [5.74, 6) is 0.868. The summed E-state index contributed by atoms with van der Waals surface area (Å²) in [5, 5.41) is 2.88. The zero-order valence-electron chi connectivity index (χ0n) is 12.5. The number of carbonyl (C=O) groups is 1. The van der Waals surface area contributed by atoms with E-state index < -0.39 is 0 Å². The molecule has 0 unspecified atom stereocenters. The van der Waals surface area contributed by atoms with E-state index >= 15 is 0 Å². The van der Waals surface area contributed by atoms with E-state index in [1.807, 2.05) is 48.5 Å². The van der Waals surface area contributed by atoms with Crippen LogP contribution in [-0.2, 0) is 16.1 Å². The number of hydrogen-bond donors (Lipinski definition) is 1. The van der Waals surface area contributed by atoms with Crippen molar-refractivity contribution in [2.45, 2.75) is 17.9 Å². The molecule has 2 aromatic rings. The largest absolute Gasteiger partial charge is 0.375 e. The molecule has 0 aliphatic carbocycles. The lowest BCUT2D eigenvalue weighted by Crippen LogP contribution is -2.27.